The lowest BCUT2D eigenvalue weighted by molar-refractivity contribution is 0.0451. The second-order valence-corrected chi connectivity index (χ2v) is 5.55. The lowest BCUT2D eigenvalue weighted by Crippen LogP contribution is -2.13. The number of nitrogens with zero attached hydrogens (tertiary/aromatic N) is 3. The maximum Gasteiger partial charge on any atom is 0.344 e. The van der Waals surface area contributed by atoms with E-state index in [-0.39, 0.29) is 17.7 Å². The van der Waals surface area contributed by atoms with Gasteiger partial charge in [0.2, 0.25) is 11.9 Å². The van der Waals surface area contributed by atoms with Crippen molar-refractivity contribution in [2.45, 2.75) is 13.5 Å². The van der Waals surface area contributed by atoms with Gasteiger partial charge in [-0.25, -0.2) is 13.6 Å². The molecule has 0 saturated carbocycles. The molecule has 0 radical (unpaired) electrons. The number of nitrogens with one attached hydrogen (secondary N) is 1. The highest BCUT2D eigenvalue weighted by molar-refractivity contribution is 5.89. The minimum absolute atomic E-state index is 0.0312. The van der Waals surface area contributed by atoms with Crippen LogP contribution in [-0.4, -0.2) is 20.9 Å². The van der Waals surface area contributed by atoms with Gasteiger partial charge in [0, 0.05) is 5.69 Å². The Morgan fingerprint density at radius 3 is 2.48 bits per heavy atom. The molecule has 9 heteroatoms. The van der Waals surface area contributed by atoms with E-state index in [2.05, 4.69) is 20.3 Å². The number of nitrogen functional groups attached to an aromatic ring is 1. The standard InChI is InChI=1S/C18H15F2N5O2/c1-10-5-2-3-8-13(10)22-18-24-14(23-17(21)25-18)9-27-16(26)15-11(19)6-4-7-12(15)20/h2-8H,9H2,1H3,(H3,21,22,23,24,25). The number of aromatic nitrogens is 3. The highest BCUT2D eigenvalue weighted by Crippen LogP contribution is 2.18. The third kappa shape index (κ3) is 4.32. The van der Waals surface area contributed by atoms with Crippen LogP contribution >= 0.6 is 0 Å². The second kappa shape index (κ2) is 7.73. The van der Waals surface area contributed by atoms with Gasteiger partial charge in [0.1, 0.15) is 17.2 Å². The van der Waals surface area contributed by atoms with Crippen LogP contribution in [0.15, 0.2) is 42.5 Å². The van der Waals surface area contributed by atoms with Crippen LogP contribution in [0.5, 0.6) is 0 Å². The van der Waals surface area contributed by atoms with Crippen LogP contribution in [0.3, 0.4) is 0 Å². The number of halogens is 2. The quantitative estimate of drug-likeness (QED) is 0.664. The van der Waals surface area contributed by atoms with E-state index in [9.17, 15) is 13.6 Å². The van der Waals surface area contributed by atoms with E-state index in [1.54, 1.807) is 0 Å². The summed E-state index contributed by atoms with van der Waals surface area (Å²) in [4.78, 5) is 23.9. The van der Waals surface area contributed by atoms with Gasteiger partial charge in [-0.1, -0.05) is 24.3 Å². The van der Waals surface area contributed by atoms with Gasteiger partial charge in [-0.15, -0.1) is 0 Å². The van der Waals surface area contributed by atoms with E-state index < -0.39 is 29.8 Å². The van der Waals surface area contributed by atoms with Crippen LogP contribution in [-0.2, 0) is 11.3 Å². The van der Waals surface area contributed by atoms with Crippen molar-refractivity contribution in [3.8, 4) is 0 Å². The summed E-state index contributed by atoms with van der Waals surface area (Å²) in [6.45, 7) is 1.47. The normalized spacial score (nSPS) is 10.5. The van der Waals surface area contributed by atoms with Gasteiger partial charge in [-0.3, -0.25) is 0 Å². The molecule has 27 heavy (non-hydrogen) atoms. The minimum atomic E-state index is -1.17. The summed E-state index contributed by atoms with van der Waals surface area (Å²) in [6, 6.07) is 10.5. The molecule has 0 aliphatic heterocycles. The summed E-state index contributed by atoms with van der Waals surface area (Å²) in [7, 11) is 0. The number of ether oxygens (including phenoxy) is 1. The number of para-hydroxylation sites is 1. The molecule has 0 fully saturated rings. The van der Waals surface area contributed by atoms with Crippen molar-refractivity contribution in [1.82, 2.24) is 15.0 Å². The number of esters is 1. The van der Waals surface area contributed by atoms with Crippen molar-refractivity contribution in [3.05, 3.63) is 71.1 Å². The molecular formula is C18H15F2N5O2. The molecule has 3 aromatic rings. The van der Waals surface area contributed by atoms with Gasteiger partial charge in [0.05, 0.1) is 0 Å². The summed E-state index contributed by atoms with van der Waals surface area (Å²) in [5.74, 6) is -3.11. The van der Waals surface area contributed by atoms with Crippen molar-refractivity contribution in [1.29, 1.82) is 0 Å². The smallest absolute Gasteiger partial charge is 0.344 e. The Kier molecular flexibility index (Phi) is 5.20. The molecule has 0 aliphatic carbocycles. The highest BCUT2D eigenvalue weighted by atomic mass is 19.1. The van der Waals surface area contributed by atoms with E-state index in [0.717, 1.165) is 29.4 Å². The first-order chi connectivity index (χ1) is 12.9. The van der Waals surface area contributed by atoms with Gasteiger partial charge >= 0.3 is 5.97 Å². The first-order valence-electron chi connectivity index (χ1n) is 7.88. The van der Waals surface area contributed by atoms with Gasteiger partial charge in [-0.2, -0.15) is 15.0 Å². The van der Waals surface area contributed by atoms with Crippen molar-refractivity contribution in [3.63, 3.8) is 0 Å². The molecule has 138 valence electrons. The molecule has 0 unspecified atom stereocenters. The lowest BCUT2D eigenvalue weighted by atomic mass is 10.2. The van der Waals surface area contributed by atoms with Gasteiger partial charge in [0.25, 0.3) is 0 Å². The number of carbonyl (C=O) groups excluding carboxylic acids is 1. The molecule has 3 N–H and O–H groups in total. The summed E-state index contributed by atoms with van der Waals surface area (Å²) in [5, 5.41) is 2.99. The molecule has 0 atom stereocenters. The fourth-order valence-electron chi connectivity index (χ4n) is 2.29. The Hall–Kier alpha value is -3.62. The van der Waals surface area contributed by atoms with E-state index in [0.29, 0.717) is 0 Å². The summed E-state index contributed by atoms with van der Waals surface area (Å²) in [6.07, 6.45) is 0. The van der Waals surface area contributed by atoms with Crippen molar-refractivity contribution in [2.75, 3.05) is 11.1 Å². The fourth-order valence-corrected chi connectivity index (χ4v) is 2.29. The number of nitrogens with two attached hydrogens (primary N) is 1. The number of aryl methyl sites for hydroxylation is 1. The molecule has 0 amide bonds. The largest absolute Gasteiger partial charge is 0.454 e. The van der Waals surface area contributed by atoms with Crippen LogP contribution in [0, 0.1) is 18.6 Å². The monoisotopic (exact) mass is 371 g/mol. The van der Waals surface area contributed by atoms with Crippen LogP contribution in [0.1, 0.15) is 21.7 Å². The Morgan fingerprint density at radius 2 is 1.78 bits per heavy atom. The van der Waals surface area contributed by atoms with Crippen LogP contribution in [0.2, 0.25) is 0 Å². The first-order valence-corrected chi connectivity index (χ1v) is 7.88. The van der Waals surface area contributed by atoms with Gasteiger partial charge < -0.3 is 15.8 Å². The summed E-state index contributed by atoms with van der Waals surface area (Å²) >= 11 is 0. The average molecular weight is 371 g/mol. The Bertz CT molecular complexity index is 977. The molecule has 0 saturated heterocycles. The average Bonchev–Trinajstić information content (AvgIpc) is 2.61. The molecule has 1 heterocycles. The third-order valence-electron chi connectivity index (χ3n) is 3.59. The SMILES string of the molecule is Cc1ccccc1Nc1nc(N)nc(COC(=O)c2c(F)cccc2F)n1. The summed E-state index contributed by atoms with van der Waals surface area (Å²) < 4.78 is 32.2. The Balaban J connectivity index is 1.75. The number of anilines is 3. The molecule has 7 nitrogen and oxygen atoms in total. The van der Waals surface area contributed by atoms with Crippen LogP contribution in [0.4, 0.5) is 26.4 Å². The lowest BCUT2D eigenvalue weighted by Gasteiger charge is -2.10. The highest BCUT2D eigenvalue weighted by Gasteiger charge is 2.19. The zero-order valence-electron chi connectivity index (χ0n) is 14.2. The van der Waals surface area contributed by atoms with Gasteiger partial charge in [0.15, 0.2) is 12.4 Å². The van der Waals surface area contributed by atoms with E-state index in [4.69, 9.17) is 10.5 Å². The van der Waals surface area contributed by atoms with Crippen LogP contribution in [0.25, 0.3) is 0 Å². The maximum absolute atomic E-state index is 13.6. The molecule has 1 aromatic heterocycles. The van der Waals surface area contributed by atoms with E-state index in [1.807, 2.05) is 31.2 Å². The number of benzene rings is 2. The number of hydrogen-bond acceptors (Lipinski definition) is 7. The predicted molar refractivity (Wildman–Crippen MR) is 94.2 cm³/mol. The van der Waals surface area contributed by atoms with Gasteiger partial charge in [-0.05, 0) is 30.7 Å². The number of carbonyl (C=O) groups is 1. The fraction of sp³-hybridized carbons (Fsp3) is 0.111. The van der Waals surface area contributed by atoms with Crippen molar-refractivity contribution < 1.29 is 18.3 Å². The Labute approximate surface area is 153 Å². The molecule has 3 rings (SSSR count). The number of hydrogen-bond donors (Lipinski definition) is 2. The maximum atomic E-state index is 13.6. The Morgan fingerprint density at radius 1 is 1.07 bits per heavy atom. The second-order valence-electron chi connectivity index (χ2n) is 5.55. The molecule has 0 spiro atoms. The van der Waals surface area contributed by atoms with Crippen LogP contribution < -0.4 is 11.1 Å². The molecule has 0 bridgehead atoms. The van der Waals surface area contributed by atoms with Crippen molar-refractivity contribution >= 4 is 23.6 Å². The predicted octanol–water partition coefficient (Wildman–Crippen LogP) is 3.14. The van der Waals surface area contributed by atoms with E-state index >= 15 is 0 Å². The topological polar surface area (TPSA) is 103 Å². The zero-order chi connectivity index (χ0) is 19.4. The molecule has 2 aromatic carbocycles. The number of rotatable bonds is 5. The summed E-state index contributed by atoms with van der Waals surface area (Å²) in [5.41, 5.74) is 6.60. The minimum Gasteiger partial charge on any atom is -0.454 e. The molecular weight excluding hydrogens is 356 g/mol. The third-order valence-corrected chi connectivity index (χ3v) is 3.59. The van der Waals surface area contributed by atoms with E-state index in [1.165, 1.54) is 0 Å². The van der Waals surface area contributed by atoms with Crippen molar-refractivity contribution in [2.24, 2.45) is 0 Å². The zero-order valence-corrected chi connectivity index (χ0v) is 14.2. The first kappa shape index (κ1) is 18.2. The molecule has 0 aliphatic rings.